The Labute approximate surface area is 215 Å². The van der Waals surface area contributed by atoms with Crippen molar-refractivity contribution in [1.29, 1.82) is 0 Å². The van der Waals surface area contributed by atoms with Crippen molar-refractivity contribution < 1.29 is 29.0 Å². The number of carbonyl (C=O) groups is 4. The number of aliphatic carboxylic acids is 1. The molecule has 0 saturated carbocycles. The number of hydrogen-bond donors (Lipinski definition) is 5. The fourth-order valence-electron chi connectivity index (χ4n) is 3.52. The van der Waals surface area contributed by atoms with Crippen LogP contribution >= 0.6 is 0 Å². The summed E-state index contributed by atoms with van der Waals surface area (Å²) in [5.41, 5.74) is 11.4. The molecular weight excluding hydrogens is 466 g/mol. The highest BCUT2D eigenvalue weighted by Gasteiger charge is 2.26. The van der Waals surface area contributed by atoms with E-state index in [0.29, 0.717) is 45.3 Å². The number of nitrogens with one attached hydrogen (secondary N) is 2. The first kappa shape index (κ1) is 33.3. The SMILES string of the molecule is CCCCCCCCCCCC(=O)NC(N)=NCCC[C@H](N)C(=O)OCC.O=C1CC[C@@H](C(=O)O)N1. The number of carboxylic acids is 1. The maximum atomic E-state index is 11.8. The second-order valence-corrected chi connectivity index (χ2v) is 8.89. The van der Waals surface area contributed by atoms with E-state index in [1.54, 1.807) is 6.92 Å². The number of esters is 1. The normalized spacial score (nSPS) is 15.9. The molecule has 1 saturated heterocycles. The molecule has 11 nitrogen and oxygen atoms in total. The first-order valence-electron chi connectivity index (χ1n) is 13.2. The minimum atomic E-state index is -0.944. The van der Waals surface area contributed by atoms with E-state index in [2.05, 4.69) is 22.5 Å². The van der Waals surface area contributed by atoms with Gasteiger partial charge in [-0.3, -0.25) is 24.7 Å². The molecule has 0 aliphatic carbocycles. The smallest absolute Gasteiger partial charge is 0.326 e. The van der Waals surface area contributed by atoms with Gasteiger partial charge in [0.15, 0.2) is 5.96 Å². The molecule has 0 aromatic heterocycles. The Bertz CT molecular complexity index is 686. The number of amides is 2. The van der Waals surface area contributed by atoms with Gasteiger partial charge >= 0.3 is 11.9 Å². The highest BCUT2D eigenvalue weighted by molar-refractivity contribution is 5.96. The minimum absolute atomic E-state index is 0.0950. The third-order valence-corrected chi connectivity index (χ3v) is 5.61. The van der Waals surface area contributed by atoms with Crippen LogP contribution in [-0.4, -0.2) is 60.1 Å². The summed E-state index contributed by atoms with van der Waals surface area (Å²) >= 11 is 0. The molecular formula is C25H47N5O6. The highest BCUT2D eigenvalue weighted by atomic mass is 16.5. The average molecular weight is 514 g/mol. The molecule has 2 amide bonds. The molecule has 1 aliphatic rings. The third-order valence-electron chi connectivity index (χ3n) is 5.61. The Balaban J connectivity index is 0.00000113. The lowest BCUT2D eigenvalue weighted by Gasteiger charge is -2.09. The molecule has 0 aromatic carbocycles. The number of ether oxygens (including phenoxy) is 1. The standard InChI is InChI=1S/C20H40N4O3.C5H7NO3/c1-3-5-6-7-8-9-10-11-12-15-18(25)24-20(22)23-16-13-14-17(21)19(26)27-4-2;7-4-2-1-3(6-4)5(8)9/h17H,3-16,21H2,1-2H3,(H3,22,23,24,25);3H,1-2H2,(H,6,7)(H,8,9)/t17-;3-/m00/s1. The Morgan fingerprint density at radius 2 is 1.69 bits per heavy atom. The van der Waals surface area contributed by atoms with Crippen LogP contribution in [0.4, 0.5) is 0 Å². The van der Waals surface area contributed by atoms with Crippen LogP contribution in [-0.2, 0) is 23.9 Å². The monoisotopic (exact) mass is 513 g/mol. The number of rotatable bonds is 17. The van der Waals surface area contributed by atoms with Crippen molar-refractivity contribution in [2.24, 2.45) is 16.5 Å². The zero-order chi connectivity index (χ0) is 27.2. The molecule has 0 spiro atoms. The van der Waals surface area contributed by atoms with Crippen molar-refractivity contribution in [3.8, 4) is 0 Å². The quantitative estimate of drug-likeness (QED) is 0.0848. The minimum Gasteiger partial charge on any atom is -0.480 e. The summed E-state index contributed by atoms with van der Waals surface area (Å²) < 4.78 is 4.84. The highest BCUT2D eigenvalue weighted by Crippen LogP contribution is 2.10. The summed E-state index contributed by atoms with van der Waals surface area (Å²) in [5, 5.41) is 13.2. The second kappa shape index (κ2) is 21.6. The number of carboxylic acid groups (broad SMARTS) is 1. The summed E-state index contributed by atoms with van der Waals surface area (Å²) in [7, 11) is 0. The Hall–Kier alpha value is -2.69. The van der Waals surface area contributed by atoms with E-state index in [-0.39, 0.29) is 17.8 Å². The van der Waals surface area contributed by atoms with Crippen LogP contribution in [0.3, 0.4) is 0 Å². The van der Waals surface area contributed by atoms with Gasteiger partial charge in [0.2, 0.25) is 11.8 Å². The predicted molar refractivity (Wildman–Crippen MR) is 139 cm³/mol. The lowest BCUT2D eigenvalue weighted by Crippen LogP contribution is -2.37. The molecule has 1 aliphatic heterocycles. The van der Waals surface area contributed by atoms with Crippen LogP contribution in [0.25, 0.3) is 0 Å². The Morgan fingerprint density at radius 3 is 2.19 bits per heavy atom. The fraction of sp³-hybridized carbons (Fsp3) is 0.800. The molecule has 7 N–H and O–H groups in total. The summed E-state index contributed by atoms with van der Waals surface area (Å²) in [4.78, 5) is 47.8. The van der Waals surface area contributed by atoms with Gasteiger partial charge in [-0.1, -0.05) is 58.3 Å². The van der Waals surface area contributed by atoms with Crippen molar-refractivity contribution in [3.63, 3.8) is 0 Å². The molecule has 208 valence electrons. The van der Waals surface area contributed by atoms with Gasteiger partial charge in [0.05, 0.1) is 6.61 Å². The van der Waals surface area contributed by atoms with Crippen molar-refractivity contribution >= 4 is 29.7 Å². The number of hydrogen-bond acceptors (Lipinski definition) is 7. The third kappa shape index (κ3) is 18.6. The first-order valence-corrected chi connectivity index (χ1v) is 13.2. The zero-order valence-corrected chi connectivity index (χ0v) is 22.1. The van der Waals surface area contributed by atoms with Crippen LogP contribution < -0.4 is 22.1 Å². The van der Waals surface area contributed by atoms with Gasteiger partial charge in [0, 0.05) is 19.4 Å². The number of nitrogens with two attached hydrogens (primary N) is 2. The lowest BCUT2D eigenvalue weighted by atomic mass is 10.1. The number of aliphatic imine (C=N–C) groups is 1. The first-order chi connectivity index (χ1) is 17.2. The van der Waals surface area contributed by atoms with Crippen LogP contribution in [0.15, 0.2) is 4.99 Å². The molecule has 36 heavy (non-hydrogen) atoms. The number of unbranched alkanes of at least 4 members (excludes halogenated alkanes) is 8. The van der Waals surface area contributed by atoms with Gasteiger partial charge in [-0.15, -0.1) is 0 Å². The van der Waals surface area contributed by atoms with E-state index >= 15 is 0 Å². The van der Waals surface area contributed by atoms with Crippen LogP contribution in [0, 0.1) is 0 Å². The van der Waals surface area contributed by atoms with Crippen molar-refractivity contribution in [3.05, 3.63) is 0 Å². The van der Waals surface area contributed by atoms with Gasteiger partial charge in [-0.2, -0.15) is 0 Å². The summed E-state index contributed by atoms with van der Waals surface area (Å²) in [6.07, 6.45) is 13.3. The van der Waals surface area contributed by atoms with E-state index in [4.69, 9.17) is 21.3 Å². The average Bonchev–Trinajstić information content (AvgIpc) is 3.28. The van der Waals surface area contributed by atoms with Crippen LogP contribution in [0.1, 0.15) is 104 Å². The Morgan fingerprint density at radius 1 is 1.08 bits per heavy atom. The summed E-state index contributed by atoms with van der Waals surface area (Å²) in [6, 6.07) is -1.28. The largest absolute Gasteiger partial charge is 0.480 e. The van der Waals surface area contributed by atoms with E-state index < -0.39 is 24.0 Å². The van der Waals surface area contributed by atoms with E-state index in [0.717, 1.165) is 12.8 Å². The van der Waals surface area contributed by atoms with Crippen LogP contribution in [0.2, 0.25) is 0 Å². The van der Waals surface area contributed by atoms with Crippen molar-refractivity contribution in [2.75, 3.05) is 13.2 Å². The van der Waals surface area contributed by atoms with Crippen molar-refractivity contribution in [2.45, 2.75) is 116 Å². The molecule has 0 aromatic rings. The number of nitrogens with zero attached hydrogens (tertiary/aromatic N) is 1. The van der Waals surface area contributed by atoms with Gasteiger partial charge < -0.3 is 26.6 Å². The maximum Gasteiger partial charge on any atom is 0.326 e. The maximum absolute atomic E-state index is 11.8. The predicted octanol–water partition coefficient (Wildman–Crippen LogP) is 2.36. The number of guanidine groups is 1. The molecule has 2 atom stereocenters. The lowest BCUT2D eigenvalue weighted by molar-refractivity contribution is -0.145. The van der Waals surface area contributed by atoms with E-state index in [1.807, 2.05) is 0 Å². The zero-order valence-electron chi connectivity index (χ0n) is 22.1. The molecule has 11 heteroatoms. The second-order valence-electron chi connectivity index (χ2n) is 8.89. The van der Waals surface area contributed by atoms with Crippen LogP contribution in [0.5, 0.6) is 0 Å². The van der Waals surface area contributed by atoms with E-state index in [1.165, 1.54) is 44.9 Å². The molecule has 1 rings (SSSR count). The number of carbonyl (C=O) groups excluding carboxylic acids is 3. The summed E-state index contributed by atoms with van der Waals surface area (Å²) in [6.45, 7) is 4.71. The van der Waals surface area contributed by atoms with Crippen molar-refractivity contribution in [1.82, 2.24) is 10.6 Å². The molecule has 0 radical (unpaired) electrons. The molecule has 1 fully saturated rings. The van der Waals surface area contributed by atoms with Gasteiger partial charge in [0.1, 0.15) is 12.1 Å². The topological polar surface area (TPSA) is 186 Å². The molecule has 1 heterocycles. The van der Waals surface area contributed by atoms with E-state index in [9.17, 15) is 19.2 Å². The Kier molecular flexibility index (Phi) is 20.0. The van der Waals surface area contributed by atoms with Gasteiger partial charge in [-0.25, -0.2) is 4.79 Å². The molecule has 0 unspecified atom stereocenters. The summed E-state index contributed by atoms with van der Waals surface area (Å²) in [5.74, 6) is -1.48. The molecule has 0 bridgehead atoms. The fourth-order valence-corrected chi connectivity index (χ4v) is 3.52. The van der Waals surface area contributed by atoms with Gasteiger partial charge in [0.25, 0.3) is 0 Å². The van der Waals surface area contributed by atoms with Gasteiger partial charge in [-0.05, 0) is 32.6 Å².